The van der Waals surface area contributed by atoms with E-state index in [0.29, 0.717) is 13.0 Å². The summed E-state index contributed by atoms with van der Waals surface area (Å²) < 4.78 is 10.3. The first kappa shape index (κ1) is 22.4. The Kier molecular flexibility index (Phi) is 13.5. The lowest BCUT2D eigenvalue weighted by Crippen LogP contribution is -2.40. The molecule has 0 saturated heterocycles. The molecular weight excluding hydrogens is 409 g/mol. The molecule has 0 aliphatic heterocycles. The number of ether oxygens (including phenoxy) is 2. The highest BCUT2D eigenvalue weighted by Crippen LogP contribution is 2.28. The van der Waals surface area contributed by atoms with Crippen LogP contribution in [0.4, 0.5) is 0 Å². The normalized spacial score (nSPS) is 14.1. The molecule has 0 spiro atoms. The molecule has 1 rings (SSSR count). The Morgan fingerprint density at radius 3 is 2.70 bits per heavy atom. The highest BCUT2D eigenvalue weighted by molar-refractivity contribution is 14.0. The van der Waals surface area contributed by atoms with Crippen LogP contribution in [0.25, 0.3) is 0 Å². The van der Waals surface area contributed by atoms with Crippen molar-refractivity contribution >= 4 is 35.9 Å². The summed E-state index contributed by atoms with van der Waals surface area (Å²) >= 11 is 0. The van der Waals surface area contributed by atoms with Crippen LogP contribution in [-0.4, -0.2) is 63.8 Å². The lowest BCUT2D eigenvalue weighted by atomic mass is 10.2. The summed E-state index contributed by atoms with van der Waals surface area (Å²) in [6, 6.07) is 0. The molecule has 1 saturated carbocycles. The van der Waals surface area contributed by atoms with Crippen LogP contribution >= 0.6 is 24.0 Å². The highest BCUT2D eigenvalue weighted by Gasteiger charge is 2.21. The molecular formula is C16H32IN3O3. The zero-order valence-electron chi connectivity index (χ0n) is 14.7. The van der Waals surface area contributed by atoms with Crippen molar-refractivity contribution in [2.45, 2.75) is 39.0 Å². The molecule has 1 aliphatic carbocycles. The van der Waals surface area contributed by atoms with Crippen molar-refractivity contribution in [3.63, 3.8) is 0 Å². The molecule has 136 valence electrons. The first-order chi connectivity index (χ1) is 10.7. The Labute approximate surface area is 157 Å². The van der Waals surface area contributed by atoms with E-state index in [1.165, 1.54) is 20.0 Å². The van der Waals surface area contributed by atoms with E-state index in [-0.39, 0.29) is 29.9 Å². The number of methoxy groups -OCH3 is 1. The fraction of sp³-hybridized carbons (Fsp3) is 0.875. The lowest BCUT2D eigenvalue weighted by Gasteiger charge is -2.22. The minimum absolute atomic E-state index is 0. The van der Waals surface area contributed by atoms with Crippen LogP contribution in [-0.2, 0) is 14.3 Å². The van der Waals surface area contributed by atoms with Gasteiger partial charge in [-0.1, -0.05) is 0 Å². The molecule has 23 heavy (non-hydrogen) atoms. The molecule has 1 N–H and O–H groups in total. The van der Waals surface area contributed by atoms with Gasteiger partial charge < -0.3 is 19.7 Å². The zero-order valence-corrected chi connectivity index (χ0v) is 17.0. The number of halogens is 1. The number of carbonyl (C=O) groups is 1. The Bertz CT molecular complexity index is 349. The summed E-state index contributed by atoms with van der Waals surface area (Å²) in [6.45, 7) is 6.08. The van der Waals surface area contributed by atoms with Crippen LogP contribution in [0.2, 0.25) is 0 Å². The van der Waals surface area contributed by atoms with Crippen molar-refractivity contribution in [2.24, 2.45) is 10.9 Å². The molecule has 0 bridgehead atoms. The molecule has 0 unspecified atom stereocenters. The van der Waals surface area contributed by atoms with Crippen molar-refractivity contribution in [3.8, 4) is 0 Å². The number of likely N-dealkylation sites (N-methyl/N-ethyl adjacent to an activating group) is 1. The summed E-state index contributed by atoms with van der Waals surface area (Å²) in [7, 11) is 3.44. The first-order valence-corrected chi connectivity index (χ1v) is 8.31. The molecule has 0 aromatic rings. The smallest absolute Gasteiger partial charge is 0.305 e. The molecule has 0 amide bonds. The van der Waals surface area contributed by atoms with Crippen molar-refractivity contribution in [2.75, 3.05) is 47.0 Å². The van der Waals surface area contributed by atoms with E-state index in [2.05, 4.69) is 26.9 Å². The number of aliphatic imine (C=N–C) groups is 1. The number of rotatable bonds is 11. The second-order valence-electron chi connectivity index (χ2n) is 5.71. The van der Waals surface area contributed by atoms with Crippen molar-refractivity contribution < 1.29 is 14.3 Å². The van der Waals surface area contributed by atoms with Crippen molar-refractivity contribution in [1.29, 1.82) is 0 Å². The third kappa shape index (κ3) is 11.6. The summed E-state index contributed by atoms with van der Waals surface area (Å²) in [5.41, 5.74) is 0. The van der Waals surface area contributed by atoms with E-state index in [1.807, 2.05) is 7.05 Å². The number of nitrogens with zero attached hydrogens (tertiary/aromatic N) is 2. The van der Waals surface area contributed by atoms with Gasteiger partial charge in [0.1, 0.15) is 0 Å². The van der Waals surface area contributed by atoms with Gasteiger partial charge in [0.2, 0.25) is 0 Å². The van der Waals surface area contributed by atoms with Crippen LogP contribution in [0.15, 0.2) is 4.99 Å². The molecule has 1 aliphatic rings. The molecule has 0 atom stereocenters. The maximum atomic E-state index is 11.0. The average Bonchev–Trinajstić information content (AvgIpc) is 3.33. The summed E-state index contributed by atoms with van der Waals surface area (Å²) in [5.74, 6) is 1.55. The fourth-order valence-electron chi connectivity index (χ4n) is 1.98. The highest BCUT2D eigenvalue weighted by atomic mass is 127. The third-order valence-electron chi connectivity index (χ3n) is 3.60. The molecule has 0 aromatic heterocycles. The summed E-state index contributed by atoms with van der Waals surface area (Å²) in [6.07, 6.45) is 4.81. The number of carbonyl (C=O) groups excluding carboxylic acids is 1. The maximum absolute atomic E-state index is 11.0. The summed E-state index contributed by atoms with van der Waals surface area (Å²) in [5, 5.41) is 3.28. The van der Waals surface area contributed by atoms with Crippen LogP contribution in [0.3, 0.4) is 0 Å². The SMILES string of the molecule is CCNC(=NCCCCC(=O)OC)N(C)CCOCC1CC1.I. The second kappa shape index (κ2) is 13.8. The lowest BCUT2D eigenvalue weighted by molar-refractivity contribution is -0.140. The zero-order chi connectivity index (χ0) is 16.2. The van der Waals surface area contributed by atoms with Gasteiger partial charge in [-0.15, -0.1) is 24.0 Å². The Hall–Kier alpha value is -0.570. The van der Waals surface area contributed by atoms with Crippen molar-refractivity contribution in [3.05, 3.63) is 0 Å². The minimum Gasteiger partial charge on any atom is -0.469 e. The minimum atomic E-state index is -0.152. The van der Waals surface area contributed by atoms with Crippen LogP contribution in [0.5, 0.6) is 0 Å². The Morgan fingerprint density at radius 1 is 1.35 bits per heavy atom. The van der Waals surface area contributed by atoms with Gasteiger partial charge in [0.05, 0.1) is 13.7 Å². The molecule has 1 fully saturated rings. The number of esters is 1. The van der Waals surface area contributed by atoms with Gasteiger partial charge in [-0.05, 0) is 38.5 Å². The predicted molar refractivity (Wildman–Crippen MR) is 103 cm³/mol. The Balaban J connectivity index is 0.00000484. The predicted octanol–water partition coefficient (Wildman–Crippen LogP) is 2.27. The quantitative estimate of drug-likeness (QED) is 0.175. The molecule has 0 radical (unpaired) electrons. The number of unbranched alkanes of at least 4 members (excludes halogenated alkanes) is 1. The van der Waals surface area contributed by atoms with Gasteiger partial charge in [0.25, 0.3) is 0 Å². The van der Waals surface area contributed by atoms with E-state index < -0.39 is 0 Å². The number of hydrogen-bond donors (Lipinski definition) is 1. The van der Waals surface area contributed by atoms with Crippen molar-refractivity contribution in [1.82, 2.24) is 10.2 Å². The summed E-state index contributed by atoms with van der Waals surface area (Å²) in [4.78, 5) is 17.7. The van der Waals surface area contributed by atoms with Gasteiger partial charge in [-0.2, -0.15) is 0 Å². The van der Waals surface area contributed by atoms with Gasteiger partial charge in [-0.25, -0.2) is 0 Å². The standard InChI is InChI=1S/C16H31N3O3.HI/c1-4-17-16(18-10-6-5-7-15(20)21-3)19(2)11-12-22-13-14-8-9-14;/h14H,4-13H2,1-3H3,(H,17,18);1H. The maximum Gasteiger partial charge on any atom is 0.305 e. The van der Waals surface area contributed by atoms with Gasteiger partial charge in [-0.3, -0.25) is 9.79 Å². The topological polar surface area (TPSA) is 63.2 Å². The molecule has 0 aromatic carbocycles. The van der Waals surface area contributed by atoms with Gasteiger partial charge in [0.15, 0.2) is 5.96 Å². The van der Waals surface area contributed by atoms with E-state index in [4.69, 9.17) is 4.74 Å². The second-order valence-corrected chi connectivity index (χ2v) is 5.71. The third-order valence-corrected chi connectivity index (χ3v) is 3.60. The van der Waals surface area contributed by atoms with E-state index in [1.54, 1.807) is 0 Å². The molecule has 7 heteroatoms. The number of nitrogens with one attached hydrogen (secondary N) is 1. The molecule has 0 heterocycles. The number of guanidine groups is 1. The molecule has 6 nitrogen and oxygen atoms in total. The van der Waals surface area contributed by atoms with Gasteiger partial charge in [0, 0.05) is 39.7 Å². The first-order valence-electron chi connectivity index (χ1n) is 8.31. The number of hydrogen-bond acceptors (Lipinski definition) is 4. The Morgan fingerprint density at radius 2 is 2.09 bits per heavy atom. The largest absolute Gasteiger partial charge is 0.469 e. The van der Waals surface area contributed by atoms with Gasteiger partial charge >= 0.3 is 5.97 Å². The van der Waals surface area contributed by atoms with E-state index in [0.717, 1.165) is 51.0 Å². The van der Waals surface area contributed by atoms with Crippen LogP contribution < -0.4 is 5.32 Å². The fourth-order valence-corrected chi connectivity index (χ4v) is 1.98. The van der Waals surface area contributed by atoms with Crippen LogP contribution in [0, 0.1) is 5.92 Å². The average molecular weight is 441 g/mol. The van der Waals surface area contributed by atoms with E-state index >= 15 is 0 Å². The monoisotopic (exact) mass is 441 g/mol. The van der Waals surface area contributed by atoms with Crippen LogP contribution in [0.1, 0.15) is 39.0 Å². The van der Waals surface area contributed by atoms with E-state index in [9.17, 15) is 4.79 Å².